The Morgan fingerprint density at radius 3 is 2.36 bits per heavy atom. The van der Waals surface area contributed by atoms with Gasteiger partial charge in [0.05, 0.1) is 35.7 Å². The molecule has 6 N–H and O–H groups in total. The molecule has 4 aliphatic heterocycles. The number of carbonyl (C=O) groups is 9. The van der Waals surface area contributed by atoms with Crippen LogP contribution in [0.4, 0.5) is 21.0 Å². The van der Waals surface area contributed by atoms with Crippen LogP contribution in [0.2, 0.25) is 5.02 Å². The number of unbranched alkanes of at least 4 members (excludes halogenated alkanes) is 2. The lowest BCUT2D eigenvalue weighted by Crippen LogP contribution is -2.53. The number of aryl methyl sites for hydroxylation is 2. The minimum Gasteiger partial charge on any atom is -0.462 e. The number of nitrogens with two attached hydrogens (primary N) is 1. The fraction of sp³-hybridized carbons (Fsp3) is 0.550. The molecule has 2 aromatic rings. The molecule has 2 aromatic carbocycles. The number of halogens is 1. The van der Waals surface area contributed by atoms with Crippen molar-refractivity contribution in [2.45, 2.75) is 167 Å². The van der Waals surface area contributed by atoms with Gasteiger partial charge in [-0.15, -0.1) is 0 Å². The number of amides is 7. The average Bonchev–Trinajstić information content (AvgIpc) is 3.38. The first kappa shape index (κ1) is 63.4. The lowest BCUT2D eigenvalue weighted by molar-refractivity contribution is -0.187. The Kier molecular flexibility index (Phi) is 21.8. The van der Waals surface area contributed by atoms with Crippen LogP contribution < -0.4 is 26.6 Å². The molecule has 0 unspecified atom stereocenters. The lowest BCUT2D eigenvalue weighted by Gasteiger charge is -2.41. The van der Waals surface area contributed by atoms with Crippen molar-refractivity contribution in [2.75, 3.05) is 37.5 Å². The number of hydrogen-bond donors (Lipinski definition) is 5. The summed E-state index contributed by atoms with van der Waals surface area (Å²) in [5.74, 6) is -4.24. The molecule has 81 heavy (non-hydrogen) atoms. The Bertz CT molecular complexity index is 2810. The van der Waals surface area contributed by atoms with E-state index in [0.29, 0.717) is 59.6 Å². The highest BCUT2D eigenvalue weighted by Crippen LogP contribution is 2.50. The summed E-state index contributed by atoms with van der Waals surface area (Å²) in [7, 11) is 3.06. The minimum absolute atomic E-state index is 0.0165. The van der Waals surface area contributed by atoms with E-state index in [1.165, 1.54) is 24.2 Å². The van der Waals surface area contributed by atoms with Crippen LogP contribution in [0, 0.1) is 31.6 Å². The zero-order valence-electron chi connectivity index (χ0n) is 47.9. The number of epoxide rings is 1. The number of nitrogens with zero attached hydrogens (tertiary/aromatic N) is 2. The van der Waals surface area contributed by atoms with Crippen LogP contribution in [0.3, 0.4) is 0 Å². The van der Waals surface area contributed by atoms with E-state index in [9.17, 15) is 48.3 Å². The number of imide groups is 1. The van der Waals surface area contributed by atoms with Crippen molar-refractivity contribution in [2.24, 2.45) is 23.5 Å². The first-order chi connectivity index (χ1) is 38.2. The fourth-order valence-corrected chi connectivity index (χ4v) is 11.2. The van der Waals surface area contributed by atoms with Crippen LogP contribution in [0.25, 0.3) is 0 Å². The van der Waals surface area contributed by atoms with E-state index in [1.54, 1.807) is 58.2 Å². The number of urea groups is 1. The summed E-state index contributed by atoms with van der Waals surface area (Å²) in [6, 6.07) is 6.95. The van der Waals surface area contributed by atoms with Gasteiger partial charge in [0.15, 0.2) is 5.78 Å². The third-order valence-corrected chi connectivity index (χ3v) is 16.4. The summed E-state index contributed by atoms with van der Waals surface area (Å²) in [5, 5.41) is 20.5. The van der Waals surface area contributed by atoms with Crippen molar-refractivity contribution >= 4 is 76.3 Å². The van der Waals surface area contributed by atoms with Gasteiger partial charge in [-0.25, -0.2) is 9.59 Å². The van der Waals surface area contributed by atoms with Crippen molar-refractivity contribution in [3.63, 3.8) is 0 Å². The number of methoxy groups -OCH3 is 1. The Balaban J connectivity index is 1.15. The number of benzene rings is 2. The van der Waals surface area contributed by atoms with Gasteiger partial charge in [-0.1, -0.05) is 74.7 Å². The smallest absolute Gasteiger partial charge is 0.412 e. The molecular formula is C60H79ClN6O14. The van der Waals surface area contributed by atoms with Gasteiger partial charge in [0.25, 0.3) is 11.8 Å². The third-order valence-electron chi connectivity index (χ3n) is 15.9. The van der Waals surface area contributed by atoms with Crippen molar-refractivity contribution in [1.29, 1.82) is 0 Å². The summed E-state index contributed by atoms with van der Waals surface area (Å²) in [5.41, 5.74) is 6.93. The van der Waals surface area contributed by atoms with Gasteiger partial charge in [0.1, 0.15) is 35.3 Å². The summed E-state index contributed by atoms with van der Waals surface area (Å²) >= 11 is 6.86. The highest BCUT2D eigenvalue weighted by molar-refractivity contribution is 6.34. The molecule has 0 saturated carbocycles. The molecule has 20 nitrogen and oxygen atoms in total. The molecular weight excluding hydrogens is 1060 g/mol. The highest BCUT2D eigenvalue weighted by Gasteiger charge is 2.64. The van der Waals surface area contributed by atoms with E-state index in [1.807, 2.05) is 45.9 Å². The molecule has 7 amide bonds. The Morgan fingerprint density at radius 1 is 0.975 bits per heavy atom. The second-order valence-electron chi connectivity index (χ2n) is 22.6. The number of hydrogen-bond acceptors (Lipinski definition) is 14. The maximum absolute atomic E-state index is 14.4. The number of aliphatic hydroxyl groups is 1. The predicted molar refractivity (Wildman–Crippen MR) is 303 cm³/mol. The number of primary amides is 1. The number of Topliss-reactive ketones (excluding diaryl/α,β-unsaturated/α-hetero) is 2. The van der Waals surface area contributed by atoms with E-state index in [4.69, 9.17) is 36.3 Å². The van der Waals surface area contributed by atoms with Gasteiger partial charge in [-0.3, -0.25) is 43.8 Å². The zero-order chi connectivity index (χ0) is 59.5. The highest BCUT2D eigenvalue weighted by atomic mass is 35.5. The summed E-state index contributed by atoms with van der Waals surface area (Å²) < 4.78 is 24.1. The van der Waals surface area contributed by atoms with Crippen molar-refractivity contribution < 1.29 is 67.2 Å². The molecule has 440 valence electrons. The Labute approximate surface area is 478 Å². The molecule has 2 fully saturated rings. The molecule has 6 rings (SSSR count). The molecule has 4 bridgehead atoms. The number of esters is 1. The van der Waals surface area contributed by atoms with Gasteiger partial charge < -0.3 is 45.3 Å². The summed E-state index contributed by atoms with van der Waals surface area (Å²) in [6.07, 6.45) is 5.34. The molecule has 4 heterocycles. The van der Waals surface area contributed by atoms with E-state index in [0.717, 1.165) is 21.6 Å². The van der Waals surface area contributed by atoms with Crippen LogP contribution in [0.15, 0.2) is 66.3 Å². The molecule has 4 aliphatic rings. The SMILES string of the molecule is CO[C@@H]1/C=C/C=C(\C)Cc2cc(C)c(Cl)c(c2)N(C)C(=O)C[C@H](OC(=O)Nc2ccc(CC(=O)[C@H](CCCNC(N)=O)NC(=O)[C@@H](CC(=O)CCCCCN3C(=O)C=CC3=O)C(C)C)c(C)c2)[C@]2(C)O[C@H]2[C@H](C)[C@@H]2C[C@@]1(O)CC(=O)O2. The fourth-order valence-electron chi connectivity index (χ4n) is 11.0. The predicted octanol–water partition coefficient (Wildman–Crippen LogP) is 6.99. The van der Waals surface area contributed by atoms with Gasteiger partial charge in [0.2, 0.25) is 11.8 Å². The second kappa shape index (κ2) is 27.8. The van der Waals surface area contributed by atoms with Crippen LogP contribution in [0.1, 0.15) is 121 Å². The van der Waals surface area contributed by atoms with Gasteiger partial charge >= 0.3 is 18.1 Å². The van der Waals surface area contributed by atoms with Crippen LogP contribution >= 0.6 is 11.6 Å². The quantitative estimate of drug-likeness (QED) is 0.0365. The molecule has 0 aliphatic carbocycles. The number of allylic oxidation sites excluding steroid dienone is 3. The average molecular weight is 1140 g/mol. The normalized spacial score (nSPS) is 25.7. The van der Waals surface area contributed by atoms with Gasteiger partial charge in [-0.2, -0.15) is 0 Å². The Hall–Kier alpha value is -6.74. The maximum Gasteiger partial charge on any atom is 0.412 e. The van der Waals surface area contributed by atoms with Crippen molar-refractivity contribution in [3.05, 3.63) is 93.6 Å². The molecule has 0 spiro atoms. The first-order valence-corrected chi connectivity index (χ1v) is 28.1. The topological polar surface area (TPSA) is 283 Å². The third kappa shape index (κ3) is 16.7. The molecule has 21 heteroatoms. The zero-order valence-corrected chi connectivity index (χ0v) is 48.7. The van der Waals surface area contributed by atoms with E-state index in [-0.39, 0.29) is 87.3 Å². The summed E-state index contributed by atoms with van der Waals surface area (Å²) in [6.45, 7) is 13.1. The van der Waals surface area contributed by atoms with Gasteiger partial charge in [0, 0.05) is 82.6 Å². The number of ether oxygens (including phenoxy) is 4. The largest absolute Gasteiger partial charge is 0.462 e. The second-order valence-corrected chi connectivity index (χ2v) is 23.0. The maximum atomic E-state index is 14.4. The molecule has 2 saturated heterocycles. The first-order valence-electron chi connectivity index (χ1n) is 27.7. The number of fused-ring (bicyclic) bond motifs is 5. The van der Waals surface area contributed by atoms with E-state index >= 15 is 0 Å². The van der Waals surface area contributed by atoms with Crippen molar-refractivity contribution in [1.82, 2.24) is 15.5 Å². The Morgan fingerprint density at radius 2 is 1.69 bits per heavy atom. The molecule has 0 radical (unpaired) electrons. The van der Waals surface area contributed by atoms with Gasteiger partial charge in [-0.05, 0) is 106 Å². The number of carbonyl (C=O) groups excluding carboxylic acids is 9. The van der Waals surface area contributed by atoms with Crippen LogP contribution in [-0.4, -0.2) is 132 Å². The molecule has 0 aromatic heterocycles. The lowest BCUT2D eigenvalue weighted by atomic mass is 9.78. The molecule has 9 atom stereocenters. The van der Waals surface area contributed by atoms with Crippen molar-refractivity contribution in [3.8, 4) is 0 Å². The standard InChI is InChI=1S/C60H79ClN6O14/c1-34(2)43(30-42(68)16-11-10-12-24-67-50(70)21-22-51(67)71)56(74)65-44(17-14-23-63-57(62)75)46(69)29-40-19-20-41(27-36(40)4)64-58(76)80-49-31-52(72)66(8)45-28-39(26-37(5)54(45)61)25-35(3)15-13-18-48(78-9)60(77)32-47(79-53(73)33-60)38(6)55-59(49,7)81-55/h13,15,18-22,26-28,34,38,43-44,47-49,55,77H,10-12,14,16-17,23-25,29-33H2,1-9H3,(H,64,76)(H,65,74)(H3,62,63,75)/b18-13+,35-15+/t38-,43+,44+,47+,48-,49+,55+,59+,60-/m1/s1. The summed E-state index contributed by atoms with van der Waals surface area (Å²) in [4.78, 5) is 121. The van der Waals surface area contributed by atoms with E-state index < -0.39 is 83.4 Å². The monoisotopic (exact) mass is 1140 g/mol. The number of rotatable bonds is 21. The number of nitrogens with one attached hydrogen (secondary N) is 3. The van der Waals surface area contributed by atoms with E-state index in [2.05, 4.69) is 16.0 Å². The minimum atomic E-state index is -1.62. The van der Waals surface area contributed by atoms with Crippen LogP contribution in [0.5, 0.6) is 0 Å². The van der Waals surface area contributed by atoms with Crippen LogP contribution in [-0.2, 0) is 65.4 Å². The number of ketones is 2. The number of anilines is 2.